The molecule has 1 fully saturated rings. The molecular weight excluding hydrogens is 198 g/mol. The van der Waals surface area contributed by atoms with Gasteiger partial charge < -0.3 is 19.9 Å². The Morgan fingerprint density at radius 3 is 2.73 bits per heavy atom. The molecule has 1 saturated heterocycles. The maximum absolute atomic E-state index is 11.5. The van der Waals surface area contributed by atoms with Crippen molar-refractivity contribution in [3.05, 3.63) is 11.3 Å². The Hall–Kier alpha value is -1.07. The fraction of sp³-hybridized carbons (Fsp3) is 0.700. The molecule has 1 spiro atoms. The molecule has 5 heteroatoms. The van der Waals surface area contributed by atoms with Gasteiger partial charge in [-0.3, -0.25) is 4.79 Å². The van der Waals surface area contributed by atoms with Crippen LogP contribution < -0.4 is 5.32 Å². The van der Waals surface area contributed by atoms with E-state index in [0.717, 1.165) is 0 Å². The summed E-state index contributed by atoms with van der Waals surface area (Å²) < 4.78 is 11.0. The molecule has 0 aromatic rings. The highest BCUT2D eigenvalue weighted by Crippen LogP contribution is 2.37. The normalized spacial score (nSPS) is 24.6. The van der Waals surface area contributed by atoms with E-state index in [1.807, 2.05) is 0 Å². The number of aliphatic hydroxyl groups is 1. The van der Waals surface area contributed by atoms with Crippen molar-refractivity contribution in [2.45, 2.75) is 25.0 Å². The van der Waals surface area contributed by atoms with Gasteiger partial charge in [-0.15, -0.1) is 0 Å². The van der Waals surface area contributed by atoms with Crippen LogP contribution in [0.3, 0.4) is 0 Å². The molecule has 0 saturated carbocycles. The van der Waals surface area contributed by atoms with Crippen LogP contribution in [0.5, 0.6) is 0 Å². The fourth-order valence-electron chi connectivity index (χ4n) is 2.03. The Kier molecular flexibility index (Phi) is 2.67. The summed E-state index contributed by atoms with van der Waals surface area (Å²) in [6, 6.07) is 0. The first-order valence-corrected chi connectivity index (χ1v) is 5.08. The van der Waals surface area contributed by atoms with Crippen LogP contribution in [-0.2, 0) is 14.3 Å². The number of allylic oxidation sites excluding steroid dienone is 1. The number of carbonyl (C=O) groups excluding carboxylic acids is 1. The average molecular weight is 213 g/mol. The Morgan fingerprint density at radius 2 is 2.13 bits per heavy atom. The third-order valence-corrected chi connectivity index (χ3v) is 2.85. The van der Waals surface area contributed by atoms with Gasteiger partial charge in [0.2, 0.25) is 0 Å². The van der Waals surface area contributed by atoms with Crippen molar-refractivity contribution in [3.8, 4) is 0 Å². The molecule has 1 aliphatic carbocycles. The molecule has 2 aliphatic rings. The molecule has 15 heavy (non-hydrogen) atoms. The molecule has 0 aromatic carbocycles. The summed E-state index contributed by atoms with van der Waals surface area (Å²) in [7, 11) is 1.54. The van der Waals surface area contributed by atoms with Crippen molar-refractivity contribution in [3.63, 3.8) is 0 Å². The Bertz CT molecular complexity index is 305. The molecule has 2 N–H and O–H groups in total. The van der Waals surface area contributed by atoms with E-state index >= 15 is 0 Å². The van der Waals surface area contributed by atoms with Crippen LogP contribution in [0, 0.1) is 0 Å². The van der Waals surface area contributed by atoms with Gasteiger partial charge in [-0.1, -0.05) is 0 Å². The first-order valence-electron chi connectivity index (χ1n) is 5.08. The van der Waals surface area contributed by atoms with Crippen molar-refractivity contribution in [2.75, 3.05) is 20.3 Å². The molecule has 0 radical (unpaired) electrons. The molecule has 1 heterocycles. The first-order chi connectivity index (χ1) is 7.17. The number of nitrogens with one attached hydrogen (secondary N) is 1. The first kappa shape index (κ1) is 10.4. The number of ether oxygens (including phenoxy) is 2. The van der Waals surface area contributed by atoms with Gasteiger partial charge in [0.15, 0.2) is 5.79 Å². The van der Waals surface area contributed by atoms with Crippen molar-refractivity contribution in [1.82, 2.24) is 5.32 Å². The third kappa shape index (κ3) is 1.85. The van der Waals surface area contributed by atoms with Crippen LogP contribution in [0.25, 0.3) is 0 Å². The van der Waals surface area contributed by atoms with Gasteiger partial charge in [-0.2, -0.15) is 0 Å². The molecule has 0 atom stereocenters. The van der Waals surface area contributed by atoms with Crippen LogP contribution in [-0.4, -0.2) is 37.1 Å². The molecular formula is C10H15NO4. The van der Waals surface area contributed by atoms with E-state index < -0.39 is 5.79 Å². The minimum absolute atomic E-state index is 0.152. The van der Waals surface area contributed by atoms with Gasteiger partial charge in [0.25, 0.3) is 5.91 Å². The lowest BCUT2D eigenvalue weighted by Crippen LogP contribution is -2.37. The van der Waals surface area contributed by atoms with Crippen LogP contribution in [0.15, 0.2) is 11.3 Å². The van der Waals surface area contributed by atoms with Crippen molar-refractivity contribution in [1.29, 1.82) is 0 Å². The number of hydrogen-bond acceptors (Lipinski definition) is 4. The highest BCUT2D eigenvalue weighted by molar-refractivity contribution is 5.93. The monoisotopic (exact) mass is 213 g/mol. The zero-order valence-corrected chi connectivity index (χ0v) is 8.71. The summed E-state index contributed by atoms with van der Waals surface area (Å²) in [5.41, 5.74) is 0.380. The van der Waals surface area contributed by atoms with Crippen LogP contribution in [0.4, 0.5) is 0 Å². The third-order valence-electron chi connectivity index (χ3n) is 2.85. The maximum Gasteiger partial charge on any atom is 0.250 e. The average Bonchev–Trinajstić information content (AvgIpc) is 2.70. The lowest BCUT2D eigenvalue weighted by atomic mass is 9.91. The number of likely N-dealkylation sites (N-methyl/N-ethyl adjacent to an activating group) is 1. The summed E-state index contributed by atoms with van der Waals surface area (Å²) in [6.07, 6.45) is 1.38. The lowest BCUT2D eigenvalue weighted by Gasteiger charge is -2.32. The minimum atomic E-state index is -0.673. The summed E-state index contributed by atoms with van der Waals surface area (Å²) in [5, 5.41) is 12.1. The molecule has 1 aliphatic heterocycles. The Labute approximate surface area is 88.1 Å². The molecule has 0 aromatic heterocycles. The van der Waals surface area contributed by atoms with E-state index in [2.05, 4.69) is 5.32 Å². The quantitative estimate of drug-likeness (QED) is 0.664. The second-order valence-electron chi connectivity index (χ2n) is 3.79. The molecule has 0 unspecified atom stereocenters. The van der Waals surface area contributed by atoms with Crippen molar-refractivity contribution < 1.29 is 19.4 Å². The molecule has 0 bridgehead atoms. The second kappa shape index (κ2) is 3.83. The van der Waals surface area contributed by atoms with E-state index in [4.69, 9.17) is 9.47 Å². The maximum atomic E-state index is 11.5. The summed E-state index contributed by atoms with van der Waals surface area (Å²) in [5.74, 6) is -0.779. The second-order valence-corrected chi connectivity index (χ2v) is 3.79. The van der Waals surface area contributed by atoms with E-state index in [1.54, 1.807) is 7.05 Å². The van der Waals surface area contributed by atoms with Gasteiger partial charge in [0, 0.05) is 26.3 Å². The van der Waals surface area contributed by atoms with Gasteiger partial charge in [0.1, 0.15) is 5.76 Å². The van der Waals surface area contributed by atoms with Gasteiger partial charge in [-0.05, 0) is 0 Å². The molecule has 84 valence electrons. The predicted molar refractivity (Wildman–Crippen MR) is 52.2 cm³/mol. The topological polar surface area (TPSA) is 67.8 Å². The highest BCUT2D eigenvalue weighted by atomic mass is 16.7. The zero-order chi connectivity index (χ0) is 10.9. The lowest BCUT2D eigenvalue weighted by molar-refractivity contribution is -0.167. The van der Waals surface area contributed by atoms with E-state index in [9.17, 15) is 9.90 Å². The van der Waals surface area contributed by atoms with E-state index in [-0.39, 0.29) is 11.7 Å². The Balaban J connectivity index is 2.18. The van der Waals surface area contributed by atoms with E-state index in [0.29, 0.717) is 38.0 Å². The SMILES string of the molecule is CNC(=O)C1=C(O)CCC2(C1)OCCO2. The highest BCUT2D eigenvalue weighted by Gasteiger charge is 2.42. The summed E-state index contributed by atoms with van der Waals surface area (Å²) >= 11 is 0. The van der Waals surface area contributed by atoms with Crippen molar-refractivity contribution >= 4 is 5.91 Å². The van der Waals surface area contributed by atoms with Crippen LogP contribution >= 0.6 is 0 Å². The number of amides is 1. The van der Waals surface area contributed by atoms with Gasteiger partial charge >= 0.3 is 0 Å². The van der Waals surface area contributed by atoms with Gasteiger partial charge in [-0.25, -0.2) is 0 Å². The minimum Gasteiger partial charge on any atom is -0.512 e. The Morgan fingerprint density at radius 1 is 1.47 bits per heavy atom. The molecule has 1 amide bonds. The standard InChI is InChI=1S/C10H15NO4/c1-11-9(13)7-6-10(3-2-8(7)12)14-4-5-15-10/h12H,2-6H2,1H3,(H,11,13). The summed E-state index contributed by atoms with van der Waals surface area (Å²) in [6.45, 7) is 1.11. The number of rotatable bonds is 1. The smallest absolute Gasteiger partial charge is 0.250 e. The number of hydrogen-bond donors (Lipinski definition) is 2. The number of aliphatic hydroxyl groups excluding tert-OH is 1. The zero-order valence-electron chi connectivity index (χ0n) is 8.71. The molecule has 5 nitrogen and oxygen atoms in total. The largest absolute Gasteiger partial charge is 0.512 e. The van der Waals surface area contributed by atoms with E-state index in [1.165, 1.54) is 0 Å². The van der Waals surface area contributed by atoms with Gasteiger partial charge in [0.05, 0.1) is 18.8 Å². The van der Waals surface area contributed by atoms with Crippen molar-refractivity contribution in [2.24, 2.45) is 0 Å². The predicted octanol–water partition coefficient (Wildman–Crippen LogP) is 0.471. The summed E-state index contributed by atoms with van der Waals surface area (Å²) in [4.78, 5) is 11.5. The molecule has 2 rings (SSSR count). The van der Waals surface area contributed by atoms with Crippen LogP contribution in [0.2, 0.25) is 0 Å². The fourth-order valence-corrected chi connectivity index (χ4v) is 2.03. The number of carbonyl (C=O) groups is 1. The van der Waals surface area contributed by atoms with Crippen LogP contribution in [0.1, 0.15) is 19.3 Å².